The number of hydrogen-bond acceptors (Lipinski definition) is 4. The Balaban J connectivity index is 2.41. The molecule has 3 N–H and O–H groups in total. The lowest BCUT2D eigenvalue weighted by Crippen LogP contribution is -2.31. The molecule has 17 heavy (non-hydrogen) atoms. The van der Waals surface area contributed by atoms with E-state index in [0.717, 1.165) is 5.69 Å². The molecule has 0 atom stereocenters. The van der Waals surface area contributed by atoms with Crippen molar-refractivity contribution in [2.75, 3.05) is 12.8 Å². The predicted molar refractivity (Wildman–Crippen MR) is 66.5 cm³/mol. The number of anilines is 1. The number of carbonyl (C=O) groups excluding carboxylic acids is 1. The first kappa shape index (κ1) is 11.8. The van der Waals surface area contributed by atoms with E-state index < -0.39 is 0 Å². The fourth-order valence-corrected chi connectivity index (χ4v) is 2.13. The number of nitrogens with zero attached hydrogens (tertiary/aromatic N) is 2. The zero-order valence-electron chi connectivity index (χ0n) is 8.98. The summed E-state index contributed by atoms with van der Waals surface area (Å²) in [5.74, 6) is -0.300. The zero-order chi connectivity index (χ0) is 12.4. The van der Waals surface area contributed by atoms with Gasteiger partial charge in [0.15, 0.2) is 16.5 Å². The van der Waals surface area contributed by atoms with Crippen LogP contribution in [0.2, 0.25) is 5.02 Å². The van der Waals surface area contributed by atoms with Crippen LogP contribution in [0.25, 0.3) is 5.69 Å². The molecule has 0 radical (unpaired) electrons. The number of carbonyl (C=O) groups is 1. The summed E-state index contributed by atoms with van der Waals surface area (Å²) in [5.41, 5.74) is 6.77. The first-order valence-corrected chi connectivity index (χ1v) is 5.94. The van der Waals surface area contributed by atoms with Crippen LogP contribution in [0.1, 0.15) is 10.5 Å². The lowest BCUT2D eigenvalue weighted by Gasteiger charge is -1.90. The van der Waals surface area contributed by atoms with Gasteiger partial charge in [0.2, 0.25) is 5.69 Å². The summed E-state index contributed by atoms with van der Waals surface area (Å²) in [5, 5.41) is 7.64. The fraction of sp³-hybridized carbons (Fsp3) is 0.100. The van der Waals surface area contributed by atoms with E-state index in [2.05, 4.69) is 10.4 Å². The van der Waals surface area contributed by atoms with Crippen molar-refractivity contribution in [1.82, 2.24) is 10.4 Å². The summed E-state index contributed by atoms with van der Waals surface area (Å²) >= 11 is 6.99. The van der Waals surface area contributed by atoms with Gasteiger partial charge in [-0.05, 0) is 12.1 Å². The highest BCUT2D eigenvalue weighted by molar-refractivity contribution is 7.06. The van der Waals surface area contributed by atoms with E-state index in [1.807, 2.05) is 0 Å². The van der Waals surface area contributed by atoms with Gasteiger partial charge in [-0.2, -0.15) is 0 Å². The Bertz CT molecular complexity index is 552. The summed E-state index contributed by atoms with van der Waals surface area (Å²) in [6.07, 6.45) is 0. The molecule has 0 unspecified atom stereocenters. The molecule has 0 saturated carbocycles. The molecule has 7 heteroatoms. The minimum absolute atomic E-state index is 0.229. The predicted octanol–water partition coefficient (Wildman–Crippen LogP) is 1.02. The molecule has 2 rings (SSSR count). The van der Waals surface area contributed by atoms with Crippen LogP contribution >= 0.6 is 23.1 Å². The van der Waals surface area contributed by atoms with Crippen molar-refractivity contribution in [1.29, 1.82) is 0 Å². The Morgan fingerprint density at radius 3 is 2.71 bits per heavy atom. The van der Waals surface area contributed by atoms with Gasteiger partial charge in [-0.25, -0.2) is 0 Å². The van der Waals surface area contributed by atoms with Crippen LogP contribution in [0.4, 0.5) is 5.00 Å². The first-order valence-electron chi connectivity index (χ1n) is 4.79. The Morgan fingerprint density at radius 2 is 2.12 bits per heavy atom. The van der Waals surface area contributed by atoms with E-state index in [9.17, 15) is 4.79 Å². The minimum atomic E-state index is -0.300. The molecule has 2 aromatic rings. The molecule has 0 aliphatic heterocycles. The van der Waals surface area contributed by atoms with E-state index in [4.69, 9.17) is 17.3 Å². The summed E-state index contributed by atoms with van der Waals surface area (Å²) in [6, 6.07) is 7.11. The summed E-state index contributed by atoms with van der Waals surface area (Å²) < 4.78 is 1.58. The molecule has 1 heterocycles. The van der Waals surface area contributed by atoms with Crippen molar-refractivity contribution in [3.05, 3.63) is 35.0 Å². The molecule has 1 amide bonds. The number of hydrogen-bond donors (Lipinski definition) is 2. The van der Waals surface area contributed by atoms with E-state index in [1.54, 1.807) is 28.3 Å². The Morgan fingerprint density at radius 1 is 1.47 bits per heavy atom. The Kier molecular flexibility index (Phi) is 3.26. The van der Waals surface area contributed by atoms with Gasteiger partial charge in [0, 0.05) is 33.4 Å². The van der Waals surface area contributed by atoms with Crippen LogP contribution < -0.4 is 15.1 Å². The van der Waals surface area contributed by atoms with Crippen LogP contribution in [0.15, 0.2) is 24.3 Å². The molecular weight excluding hydrogens is 260 g/mol. The van der Waals surface area contributed by atoms with Gasteiger partial charge in [0.1, 0.15) is 0 Å². The number of rotatable bonds is 2. The second-order valence-corrected chi connectivity index (χ2v) is 4.64. The molecule has 88 valence electrons. The highest BCUT2D eigenvalue weighted by Crippen LogP contribution is 2.15. The SMILES string of the molecule is CNC(=O)c1n[n+](-c2ccc(Cl)cc2)sc1N. The normalized spacial score (nSPS) is 10.2. The summed E-state index contributed by atoms with van der Waals surface area (Å²) in [6.45, 7) is 0. The third-order valence-electron chi connectivity index (χ3n) is 2.10. The van der Waals surface area contributed by atoms with Crippen LogP contribution in [0.3, 0.4) is 0 Å². The summed E-state index contributed by atoms with van der Waals surface area (Å²) in [7, 11) is 1.54. The van der Waals surface area contributed by atoms with Gasteiger partial charge in [-0.3, -0.25) is 4.79 Å². The number of nitrogens with two attached hydrogens (primary N) is 1. The van der Waals surface area contributed by atoms with Crippen molar-refractivity contribution in [2.45, 2.75) is 0 Å². The second-order valence-electron chi connectivity index (χ2n) is 3.23. The van der Waals surface area contributed by atoms with E-state index >= 15 is 0 Å². The van der Waals surface area contributed by atoms with Gasteiger partial charge < -0.3 is 11.1 Å². The van der Waals surface area contributed by atoms with Crippen LogP contribution in [0.5, 0.6) is 0 Å². The number of nitrogen functional groups attached to an aromatic ring is 1. The van der Waals surface area contributed by atoms with Crippen molar-refractivity contribution in [2.24, 2.45) is 0 Å². The topological polar surface area (TPSA) is 71.9 Å². The monoisotopic (exact) mass is 269 g/mol. The van der Waals surface area contributed by atoms with Gasteiger partial charge in [0.25, 0.3) is 11.6 Å². The molecular formula is C10H10ClN4OS+. The number of aromatic nitrogens is 2. The van der Waals surface area contributed by atoms with Gasteiger partial charge >= 0.3 is 0 Å². The van der Waals surface area contributed by atoms with Gasteiger partial charge in [0.05, 0.1) is 0 Å². The Hall–Kier alpha value is -1.66. The number of nitrogens with one attached hydrogen (secondary N) is 1. The molecule has 1 aromatic heterocycles. The van der Waals surface area contributed by atoms with Gasteiger partial charge in [-0.15, -0.1) is 0 Å². The zero-order valence-corrected chi connectivity index (χ0v) is 10.5. The summed E-state index contributed by atoms with van der Waals surface area (Å²) in [4.78, 5) is 11.5. The van der Waals surface area contributed by atoms with Crippen LogP contribution in [-0.4, -0.2) is 18.1 Å². The fourth-order valence-electron chi connectivity index (χ4n) is 1.25. The largest absolute Gasteiger partial charge is 0.384 e. The molecule has 0 saturated heterocycles. The maximum Gasteiger partial charge on any atom is 0.279 e. The maximum absolute atomic E-state index is 11.5. The Labute approximate surface area is 107 Å². The average Bonchev–Trinajstić information content (AvgIpc) is 2.71. The van der Waals surface area contributed by atoms with E-state index in [1.165, 1.54) is 18.6 Å². The lowest BCUT2D eigenvalue weighted by molar-refractivity contribution is -0.588. The number of amides is 1. The molecule has 5 nitrogen and oxygen atoms in total. The number of halogens is 1. The van der Waals surface area contributed by atoms with E-state index in [-0.39, 0.29) is 11.6 Å². The maximum atomic E-state index is 11.5. The van der Waals surface area contributed by atoms with Crippen molar-refractivity contribution >= 4 is 34.0 Å². The third-order valence-corrected chi connectivity index (χ3v) is 3.21. The molecule has 0 bridgehead atoms. The number of benzene rings is 1. The molecule has 0 fully saturated rings. The molecule has 0 aliphatic carbocycles. The second kappa shape index (κ2) is 4.68. The lowest BCUT2D eigenvalue weighted by atomic mass is 10.3. The highest BCUT2D eigenvalue weighted by atomic mass is 35.5. The minimum Gasteiger partial charge on any atom is -0.384 e. The molecule has 0 aliphatic rings. The van der Waals surface area contributed by atoms with Gasteiger partial charge in [-0.1, -0.05) is 11.6 Å². The molecule has 0 spiro atoms. The molecule has 1 aromatic carbocycles. The van der Waals surface area contributed by atoms with E-state index in [0.29, 0.717) is 10.0 Å². The van der Waals surface area contributed by atoms with Crippen molar-refractivity contribution in [3.8, 4) is 5.69 Å². The van der Waals surface area contributed by atoms with Crippen molar-refractivity contribution in [3.63, 3.8) is 0 Å². The quantitative estimate of drug-likeness (QED) is 0.800. The van der Waals surface area contributed by atoms with Crippen LogP contribution in [-0.2, 0) is 0 Å². The van der Waals surface area contributed by atoms with Crippen LogP contribution in [0, 0.1) is 0 Å². The first-order chi connectivity index (χ1) is 8.11. The van der Waals surface area contributed by atoms with Crippen molar-refractivity contribution < 1.29 is 8.87 Å². The third kappa shape index (κ3) is 2.37. The highest BCUT2D eigenvalue weighted by Gasteiger charge is 2.23. The smallest absolute Gasteiger partial charge is 0.279 e. The average molecular weight is 270 g/mol. The standard InChI is InChI=1S/C10H9ClN4OS/c1-13-10(16)8-9(12)17-15(14-8)7-4-2-6(11)3-5-7/h2-5,12H,1H3,(H,13,16)/p+1.